The first-order chi connectivity index (χ1) is 6.52. The number of rotatable bonds is 7. The van der Waals surface area contributed by atoms with Gasteiger partial charge in [-0.3, -0.25) is 4.79 Å². The van der Waals surface area contributed by atoms with Crippen LogP contribution in [0, 0.1) is 5.41 Å². The molecule has 4 nitrogen and oxygen atoms in total. The summed E-state index contributed by atoms with van der Waals surface area (Å²) in [5.41, 5.74) is 5.49. The van der Waals surface area contributed by atoms with Crippen LogP contribution in [0.2, 0.25) is 0 Å². The minimum Gasteiger partial charge on any atom is -0.372 e. The Balaban J connectivity index is 3.53. The van der Waals surface area contributed by atoms with E-state index in [1.54, 1.807) is 0 Å². The van der Waals surface area contributed by atoms with Crippen molar-refractivity contribution < 1.29 is 9.53 Å². The number of carbonyl (C=O) groups excluding carboxylic acids is 1. The minimum absolute atomic E-state index is 0.0413. The Morgan fingerprint density at radius 2 is 2.14 bits per heavy atom. The standard InChI is InChI=1S/C10H22N2O2/c1-4-5-14-6-9(13)12-8-10(2,3)7-11/h4-8,11H2,1-3H3,(H,12,13). The summed E-state index contributed by atoms with van der Waals surface area (Å²) >= 11 is 0. The molecule has 0 radical (unpaired) electrons. The lowest BCUT2D eigenvalue weighted by Crippen LogP contribution is -2.39. The number of nitrogens with one attached hydrogen (secondary N) is 1. The number of hydrogen-bond donors (Lipinski definition) is 2. The Morgan fingerprint density at radius 3 is 2.64 bits per heavy atom. The maximum absolute atomic E-state index is 11.2. The molecule has 3 N–H and O–H groups in total. The summed E-state index contributed by atoms with van der Waals surface area (Å²) in [5, 5.41) is 2.79. The fourth-order valence-electron chi connectivity index (χ4n) is 0.770. The number of amides is 1. The Morgan fingerprint density at radius 1 is 1.50 bits per heavy atom. The Bertz CT molecular complexity index is 170. The van der Waals surface area contributed by atoms with Gasteiger partial charge in [0.1, 0.15) is 6.61 Å². The third kappa shape index (κ3) is 6.86. The first kappa shape index (κ1) is 13.4. The topological polar surface area (TPSA) is 64.3 Å². The van der Waals surface area contributed by atoms with Gasteiger partial charge in [0.15, 0.2) is 0 Å². The number of nitrogens with two attached hydrogens (primary N) is 1. The van der Waals surface area contributed by atoms with Gasteiger partial charge in [0.25, 0.3) is 0 Å². The fraction of sp³-hybridized carbons (Fsp3) is 0.900. The molecule has 0 heterocycles. The van der Waals surface area contributed by atoms with Crippen LogP contribution in [0.25, 0.3) is 0 Å². The molecule has 0 saturated heterocycles. The van der Waals surface area contributed by atoms with Gasteiger partial charge >= 0.3 is 0 Å². The van der Waals surface area contributed by atoms with Gasteiger partial charge in [-0.05, 0) is 18.4 Å². The van der Waals surface area contributed by atoms with E-state index >= 15 is 0 Å². The second-order valence-electron chi connectivity index (χ2n) is 4.20. The monoisotopic (exact) mass is 202 g/mol. The Hall–Kier alpha value is -0.610. The van der Waals surface area contributed by atoms with E-state index in [0.29, 0.717) is 19.7 Å². The molecular formula is C10H22N2O2. The summed E-state index contributed by atoms with van der Waals surface area (Å²) in [5.74, 6) is -0.0695. The van der Waals surface area contributed by atoms with E-state index in [9.17, 15) is 4.79 Å². The van der Waals surface area contributed by atoms with Crippen LogP contribution >= 0.6 is 0 Å². The normalized spacial score (nSPS) is 11.4. The van der Waals surface area contributed by atoms with Gasteiger partial charge in [0.05, 0.1) is 0 Å². The zero-order valence-electron chi connectivity index (χ0n) is 9.43. The Kier molecular flexibility index (Phi) is 6.49. The molecule has 0 fully saturated rings. The highest BCUT2D eigenvalue weighted by Gasteiger charge is 2.16. The summed E-state index contributed by atoms with van der Waals surface area (Å²) in [4.78, 5) is 11.2. The molecule has 1 amide bonds. The van der Waals surface area contributed by atoms with Crippen LogP contribution in [0.3, 0.4) is 0 Å². The van der Waals surface area contributed by atoms with Gasteiger partial charge in [-0.2, -0.15) is 0 Å². The zero-order valence-corrected chi connectivity index (χ0v) is 9.43. The van der Waals surface area contributed by atoms with Crippen molar-refractivity contribution in [3.63, 3.8) is 0 Å². The maximum atomic E-state index is 11.2. The van der Waals surface area contributed by atoms with Gasteiger partial charge in [-0.1, -0.05) is 20.8 Å². The number of hydrogen-bond acceptors (Lipinski definition) is 3. The predicted molar refractivity (Wildman–Crippen MR) is 57.0 cm³/mol. The lowest BCUT2D eigenvalue weighted by Gasteiger charge is -2.22. The van der Waals surface area contributed by atoms with Crippen molar-refractivity contribution in [3.05, 3.63) is 0 Å². The summed E-state index contributed by atoms with van der Waals surface area (Å²) < 4.78 is 5.10. The average molecular weight is 202 g/mol. The van der Waals surface area contributed by atoms with Crippen LogP contribution in [-0.4, -0.2) is 32.2 Å². The average Bonchev–Trinajstić information content (AvgIpc) is 2.16. The quantitative estimate of drug-likeness (QED) is 0.591. The third-order valence-corrected chi connectivity index (χ3v) is 1.90. The van der Waals surface area contributed by atoms with E-state index < -0.39 is 0 Å². The first-order valence-electron chi connectivity index (χ1n) is 5.06. The largest absolute Gasteiger partial charge is 0.372 e. The minimum atomic E-state index is -0.0695. The summed E-state index contributed by atoms with van der Waals surface area (Å²) in [7, 11) is 0. The van der Waals surface area contributed by atoms with Gasteiger partial charge in [-0.15, -0.1) is 0 Å². The molecule has 0 atom stereocenters. The highest BCUT2D eigenvalue weighted by atomic mass is 16.5. The van der Waals surface area contributed by atoms with Crippen molar-refractivity contribution >= 4 is 5.91 Å². The van der Waals surface area contributed by atoms with Gasteiger partial charge in [0.2, 0.25) is 5.91 Å². The van der Waals surface area contributed by atoms with Gasteiger partial charge in [0, 0.05) is 13.2 Å². The highest BCUT2D eigenvalue weighted by molar-refractivity contribution is 5.77. The molecule has 4 heteroatoms. The van der Waals surface area contributed by atoms with Crippen LogP contribution in [0.5, 0.6) is 0 Å². The molecular weight excluding hydrogens is 180 g/mol. The van der Waals surface area contributed by atoms with E-state index in [2.05, 4.69) is 5.32 Å². The van der Waals surface area contributed by atoms with E-state index in [1.165, 1.54) is 0 Å². The molecule has 0 unspecified atom stereocenters. The molecule has 0 aliphatic heterocycles. The van der Waals surface area contributed by atoms with Crippen molar-refractivity contribution in [1.82, 2.24) is 5.32 Å². The summed E-state index contributed by atoms with van der Waals surface area (Å²) in [6.07, 6.45) is 0.932. The molecule has 0 saturated carbocycles. The van der Waals surface area contributed by atoms with Crippen molar-refractivity contribution in [2.24, 2.45) is 11.1 Å². The molecule has 14 heavy (non-hydrogen) atoms. The molecule has 0 aromatic carbocycles. The SMILES string of the molecule is CCCOCC(=O)NCC(C)(C)CN. The van der Waals surface area contributed by atoms with Crippen LogP contribution in [0.15, 0.2) is 0 Å². The van der Waals surface area contributed by atoms with Crippen molar-refractivity contribution in [2.75, 3.05) is 26.3 Å². The molecule has 0 bridgehead atoms. The van der Waals surface area contributed by atoms with Crippen LogP contribution < -0.4 is 11.1 Å². The van der Waals surface area contributed by atoms with E-state index in [0.717, 1.165) is 6.42 Å². The van der Waals surface area contributed by atoms with Crippen LogP contribution in [0.4, 0.5) is 0 Å². The fourth-order valence-corrected chi connectivity index (χ4v) is 0.770. The number of carbonyl (C=O) groups is 1. The van der Waals surface area contributed by atoms with Crippen molar-refractivity contribution in [2.45, 2.75) is 27.2 Å². The summed E-state index contributed by atoms with van der Waals surface area (Å²) in [6, 6.07) is 0. The smallest absolute Gasteiger partial charge is 0.246 e. The second-order valence-corrected chi connectivity index (χ2v) is 4.20. The first-order valence-corrected chi connectivity index (χ1v) is 5.06. The molecule has 0 rings (SSSR count). The van der Waals surface area contributed by atoms with Gasteiger partial charge in [-0.25, -0.2) is 0 Å². The second kappa shape index (κ2) is 6.79. The third-order valence-electron chi connectivity index (χ3n) is 1.90. The predicted octanol–water partition coefficient (Wildman–Crippen LogP) is 0.514. The van der Waals surface area contributed by atoms with Gasteiger partial charge < -0.3 is 15.8 Å². The molecule has 0 aromatic rings. The van der Waals surface area contributed by atoms with E-state index in [-0.39, 0.29) is 17.9 Å². The lowest BCUT2D eigenvalue weighted by molar-refractivity contribution is -0.126. The van der Waals surface area contributed by atoms with E-state index in [4.69, 9.17) is 10.5 Å². The van der Waals surface area contributed by atoms with E-state index in [1.807, 2.05) is 20.8 Å². The summed E-state index contributed by atoms with van der Waals surface area (Å²) in [6.45, 7) is 7.97. The molecule has 0 spiro atoms. The van der Waals surface area contributed by atoms with Crippen LogP contribution in [-0.2, 0) is 9.53 Å². The lowest BCUT2D eigenvalue weighted by atomic mass is 9.94. The molecule has 0 aliphatic rings. The van der Waals surface area contributed by atoms with Crippen LogP contribution in [0.1, 0.15) is 27.2 Å². The van der Waals surface area contributed by atoms with Crippen molar-refractivity contribution in [3.8, 4) is 0 Å². The van der Waals surface area contributed by atoms with Crippen molar-refractivity contribution in [1.29, 1.82) is 0 Å². The maximum Gasteiger partial charge on any atom is 0.246 e. The molecule has 0 aromatic heterocycles. The molecule has 0 aliphatic carbocycles. The highest BCUT2D eigenvalue weighted by Crippen LogP contribution is 2.09. The Labute approximate surface area is 86.2 Å². The number of ether oxygens (including phenoxy) is 1. The zero-order chi connectivity index (χ0) is 11.0. The molecule has 84 valence electrons.